The molecule has 26 heavy (non-hydrogen) atoms. The summed E-state index contributed by atoms with van der Waals surface area (Å²) in [7, 11) is 0. The van der Waals surface area contributed by atoms with Crippen molar-refractivity contribution in [3.8, 4) is 0 Å². The number of amides is 1. The lowest BCUT2D eigenvalue weighted by Gasteiger charge is -2.35. The van der Waals surface area contributed by atoms with Crippen LogP contribution in [0.3, 0.4) is 0 Å². The molecule has 1 unspecified atom stereocenters. The van der Waals surface area contributed by atoms with E-state index in [0.717, 1.165) is 18.4 Å². The van der Waals surface area contributed by atoms with Crippen LogP contribution >= 0.6 is 0 Å². The standard InChI is InChI=1S/C19H25N3O4/c1-14-21-22-18(26-14)16(15-5-3-2-4-6-15)11-17(24)20-12-19(13-23)7-9-25-10-8-19/h2-6,16,23H,7-13H2,1H3,(H,20,24). The van der Waals surface area contributed by atoms with E-state index in [2.05, 4.69) is 15.5 Å². The van der Waals surface area contributed by atoms with Crippen LogP contribution in [0.4, 0.5) is 0 Å². The SMILES string of the molecule is Cc1nnc(C(CC(=O)NCC2(CO)CCOCC2)c2ccccc2)o1. The fourth-order valence-electron chi connectivity index (χ4n) is 3.22. The Morgan fingerprint density at radius 1 is 1.27 bits per heavy atom. The maximum Gasteiger partial charge on any atom is 0.224 e. The quantitative estimate of drug-likeness (QED) is 0.782. The summed E-state index contributed by atoms with van der Waals surface area (Å²) in [6.45, 7) is 3.45. The van der Waals surface area contributed by atoms with Gasteiger partial charge in [0.25, 0.3) is 0 Å². The van der Waals surface area contributed by atoms with Gasteiger partial charge in [-0.15, -0.1) is 10.2 Å². The minimum atomic E-state index is -0.294. The molecular weight excluding hydrogens is 334 g/mol. The number of rotatable bonds is 7. The van der Waals surface area contributed by atoms with Crippen LogP contribution < -0.4 is 5.32 Å². The maximum atomic E-state index is 12.6. The Kier molecular flexibility index (Phi) is 6.00. The van der Waals surface area contributed by atoms with Crippen LogP contribution in [0.5, 0.6) is 0 Å². The van der Waals surface area contributed by atoms with Crippen LogP contribution in [0, 0.1) is 12.3 Å². The third-order valence-corrected chi connectivity index (χ3v) is 4.98. The predicted molar refractivity (Wildman–Crippen MR) is 94.5 cm³/mol. The van der Waals surface area contributed by atoms with Gasteiger partial charge in [0.05, 0.1) is 12.5 Å². The van der Waals surface area contributed by atoms with Crippen LogP contribution in [0.2, 0.25) is 0 Å². The van der Waals surface area contributed by atoms with E-state index in [-0.39, 0.29) is 30.3 Å². The normalized spacial score (nSPS) is 17.6. The van der Waals surface area contributed by atoms with Gasteiger partial charge in [0.15, 0.2) is 0 Å². The van der Waals surface area contributed by atoms with Gasteiger partial charge in [-0.2, -0.15) is 0 Å². The maximum absolute atomic E-state index is 12.6. The summed E-state index contributed by atoms with van der Waals surface area (Å²) in [5, 5.41) is 20.7. The molecule has 2 heterocycles. The molecule has 2 aromatic rings. The highest BCUT2D eigenvalue weighted by Gasteiger charge is 2.33. The second-order valence-corrected chi connectivity index (χ2v) is 6.87. The van der Waals surface area contributed by atoms with Gasteiger partial charge in [0.1, 0.15) is 0 Å². The zero-order chi connectivity index (χ0) is 18.4. The first-order valence-corrected chi connectivity index (χ1v) is 8.92. The van der Waals surface area contributed by atoms with Crippen molar-refractivity contribution in [2.75, 3.05) is 26.4 Å². The Labute approximate surface area is 152 Å². The van der Waals surface area contributed by atoms with Gasteiger partial charge in [0, 0.05) is 38.5 Å². The summed E-state index contributed by atoms with van der Waals surface area (Å²) in [5.74, 6) is 0.515. The van der Waals surface area contributed by atoms with Crippen molar-refractivity contribution in [3.63, 3.8) is 0 Å². The van der Waals surface area contributed by atoms with Crippen LogP contribution in [-0.4, -0.2) is 47.6 Å². The smallest absolute Gasteiger partial charge is 0.224 e. The number of aryl methyl sites for hydroxylation is 1. The molecule has 3 rings (SSSR count). The van der Waals surface area contributed by atoms with Crippen molar-refractivity contribution in [3.05, 3.63) is 47.7 Å². The molecule has 1 aromatic heterocycles. The van der Waals surface area contributed by atoms with E-state index >= 15 is 0 Å². The van der Waals surface area contributed by atoms with E-state index < -0.39 is 0 Å². The second kappa shape index (κ2) is 8.42. The van der Waals surface area contributed by atoms with Crippen LogP contribution in [-0.2, 0) is 9.53 Å². The molecule has 140 valence electrons. The molecule has 1 aliphatic heterocycles. The lowest BCUT2D eigenvalue weighted by molar-refractivity contribution is -0.122. The molecule has 0 spiro atoms. The zero-order valence-corrected chi connectivity index (χ0v) is 15.0. The number of nitrogens with zero attached hydrogens (tertiary/aromatic N) is 2. The average molecular weight is 359 g/mol. The van der Waals surface area contributed by atoms with Crippen molar-refractivity contribution in [2.24, 2.45) is 5.41 Å². The van der Waals surface area contributed by atoms with Crippen molar-refractivity contribution in [1.29, 1.82) is 0 Å². The van der Waals surface area contributed by atoms with Gasteiger partial charge in [0.2, 0.25) is 17.7 Å². The number of carbonyl (C=O) groups excluding carboxylic acids is 1. The Morgan fingerprint density at radius 3 is 2.62 bits per heavy atom. The minimum Gasteiger partial charge on any atom is -0.425 e. The molecule has 0 bridgehead atoms. The molecule has 1 fully saturated rings. The summed E-state index contributed by atoms with van der Waals surface area (Å²) in [6.07, 6.45) is 1.70. The largest absolute Gasteiger partial charge is 0.425 e. The molecule has 1 aliphatic rings. The van der Waals surface area contributed by atoms with E-state index in [1.54, 1.807) is 6.92 Å². The fraction of sp³-hybridized carbons (Fsp3) is 0.526. The number of aromatic nitrogens is 2. The number of ether oxygens (including phenoxy) is 1. The third-order valence-electron chi connectivity index (χ3n) is 4.98. The molecule has 1 aromatic carbocycles. The van der Waals surface area contributed by atoms with Crippen molar-refractivity contribution in [1.82, 2.24) is 15.5 Å². The Hall–Kier alpha value is -2.25. The molecule has 0 radical (unpaired) electrons. The number of aliphatic hydroxyl groups excluding tert-OH is 1. The molecule has 7 heteroatoms. The molecule has 1 amide bonds. The highest BCUT2D eigenvalue weighted by molar-refractivity contribution is 5.77. The van der Waals surface area contributed by atoms with E-state index in [0.29, 0.717) is 31.5 Å². The van der Waals surface area contributed by atoms with Gasteiger partial charge in [-0.3, -0.25) is 4.79 Å². The second-order valence-electron chi connectivity index (χ2n) is 6.87. The number of benzene rings is 1. The van der Waals surface area contributed by atoms with E-state index in [9.17, 15) is 9.90 Å². The molecule has 1 saturated heterocycles. The van der Waals surface area contributed by atoms with Gasteiger partial charge in [-0.05, 0) is 18.4 Å². The van der Waals surface area contributed by atoms with Crippen LogP contribution in [0.15, 0.2) is 34.7 Å². The van der Waals surface area contributed by atoms with Crippen LogP contribution in [0.25, 0.3) is 0 Å². The Bertz CT molecular complexity index is 711. The van der Waals surface area contributed by atoms with E-state index in [1.165, 1.54) is 0 Å². The lowest BCUT2D eigenvalue weighted by atomic mass is 9.81. The van der Waals surface area contributed by atoms with Gasteiger partial charge < -0.3 is 19.6 Å². The highest BCUT2D eigenvalue weighted by atomic mass is 16.5. The first-order valence-electron chi connectivity index (χ1n) is 8.92. The van der Waals surface area contributed by atoms with Crippen molar-refractivity contribution < 1.29 is 19.1 Å². The first-order chi connectivity index (χ1) is 12.6. The molecule has 7 nitrogen and oxygen atoms in total. The fourth-order valence-corrected chi connectivity index (χ4v) is 3.22. The van der Waals surface area contributed by atoms with Crippen molar-refractivity contribution in [2.45, 2.75) is 32.1 Å². The number of carbonyl (C=O) groups is 1. The highest BCUT2D eigenvalue weighted by Crippen LogP contribution is 2.30. The number of aliphatic hydroxyl groups is 1. The predicted octanol–water partition coefficient (Wildman–Crippen LogP) is 1.81. The monoisotopic (exact) mass is 359 g/mol. The molecule has 0 saturated carbocycles. The first kappa shape index (κ1) is 18.5. The van der Waals surface area contributed by atoms with Crippen LogP contribution in [0.1, 0.15) is 42.5 Å². The minimum absolute atomic E-state index is 0.0433. The molecular formula is C19H25N3O4. The average Bonchev–Trinajstić information content (AvgIpc) is 3.12. The summed E-state index contributed by atoms with van der Waals surface area (Å²) in [6, 6.07) is 9.67. The summed E-state index contributed by atoms with van der Waals surface area (Å²) in [5.41, 5.74) is 0.659. The topological polar surface area (TPSA) is 97.5 Å². The van der Waals surface area contributed by atoms with E-state index in [1.807, 2.05) is 30.3 Å². The zero-order valence-electron chi connectivity index (χ0n) is 15.0. The van der Waals surface area contributed by atoms with Gasteiger partial charge in [-0.1, -0.05) is 30.3 Å². The molecule has 1 atom stereocenters. The van der Waals surface area contributed by atoms with Gasteiger partial charge in [-0.25, -0.2) is 0 Å². The van der Waals surface area contributed by atoms with Gasteiger partial charge >= 0.3 is 0 Å². The summed E-state index contributed by atoms with van der Waals surface area (Å²) >= 11 is 0. The Balaban J connectivity index is 1.67. The number of hydrogen-bond donors (Lipinski definition) is 2. The number of nitrogens with one attached hydrogen (secondary N) is 1. The molecule has 0 aliphatic carbocycles. The number of hydrogen-bond acceptors (Lipinski definition) is 6. The van der Waals surface area contributed by atoms with E-state index in [4.69, 9.17) is 9.15 Å². The molecule has 2 N–H and O–H groups in total. The summed E-state index contributed by atoms with van der Waals surface area (Å²) in [4.78, 5) is 12.6. The third kappa shape index (κ3) is 4.47. The van der Waals surface area contributed by atoms with Crippen molar-refractivity contribution >= 4 is 5.91 Å². The Morgan fingerprint density at radius 2 is 2.00 bits per heavy atom. The lowest BCUT2D eigenvalue weighted by Crippen LogP contribution is -2.44. The summed E-state index contributed by atoms with van der Waals surface area (Å²) < 4.78 is 10.9.